The summed E-state index contributed by atoms with van der Waals surface area (Å²) in [5.41, 5.74) is -0.452. The molecule has 2 aliphatic rings. The third-order valence-electron chi connectivity index (χ3n) is 8.18. The van der Waals surface area contributed by atoms with Gasteiger partial charge in [0.2, 0.25) is 0 Å². The van der Waals surface area contributed by atoms with E-state index >= 15 is 0 Å². The number of hydrogen-bond acceptors (Lipinski definition) is 14. The molecule has 1 aliphatic carbocycles. The van der Waals surface area contributed by atoms with Crippen LogP contribution in [0.3, 0.4) is 0 Å². The molecule has 1 saturated heterocycles. The number of phenolic OH excluding ortho intramolecular Hbond substituents is 2. The Labute approximate surface area is 244 Å². The van der Waals surface area contributed by atoms with E-state index in [-0.39, 0.29) is 40.2 Å². The van der Waals surface area contributed by atoms with Crippen LogP contribution in [0.15, 0.2) is 45.6 Å². The van der Waals surface area contributed by atoms with Gasteiger partial charge in [0.25, 0.3) is 0 Å². The zero-order valence-electron chi connectivity index (χ0n) is 22.9. The zero-order valence-corrected chi connectivity index (χ0v) is 22.9. The largest absolute Gasteiger partial charge is 0.508 e. The van der Waals surface area contributed by atoms with Crippen molar-refractivity contribution in [1.29, 1.82) is 0 Å². The molecule has 2 aromatic carbocycles. The van der Waals surface area contributed by atoms with Crippen molar-refractivity contribution in [3.8, 4) is 28.6 Å². The molecule has 0 radical (unpaired) electrons. The van der Waals surface area contributed by atoms with Crippen LogP contribution in [0.1, 0.15) is 18.1 Å². The molecule has 1 aromatic heterocycles. The maximum atomic E-state index is 13.2. The second-order valence-corrected chi connectivity index (χ2v) is 10.8. The third-order valence-corrected chi connectivity index (χ3v) is 8.18. The van der Waals surface area contributed by atoms with Crippen LogP contribution in [-0.4, -0.2) is 115 Å². The second-order valence-electron chi connectivity index (χ2n) is 10.8. The summed E-state index contributed by atoms with van der Waals surface area (Å²) in [6, 6.07) is 8.32. The third kappa shape index (κ3) is 5.57. The minimum atomic E-state index is -1.82. The fourth-order valence-corrected chi connectivity index (χ4v) is 5.80. The topological polar surface area (TPSA) is 240 Å². The monoisotopic (exact) mass is 606 g/mol. The molecule has 10 atom stereocenters. The number of phenols is 2. The van der Waals surface area contributed by atoms with Crippen LogP contribution in [0.2, 0.25) is 0 Å². The van der Waals surface area contributed by atoms with Gasteiger partial charge in [-0.3, -0.25) is 4.79 Å². The van der Waals surface area contributed by atoms with Gasteiger partial charge in [-0.1, -0.05) is 0 Å². The standard InChI is InChI=1S/C29H34O14/c1-40-16-8-17-20(14(33)7-15(41-17)11-2-4-13(32)5-3-11)24(36)21(16)29-27(39)26(38)28(19(10-31)43-29)42-18-6-12(9-30)22(34)25(37)23(18)35/h2-5,7-8,12,18-19,22-23,25-32,34-39H,6,9-10H2,1H3/t12-,18+,19-,22-,23+,25+,26+,27-,28+,29-/m1/s1. The first-order valence-corrected chi connectivity index (χ1v) is 13.6. The summed E-state index contributed by atoms with van der Waals surface area (Å²) >= 11 is 0. The van der Waals surface area contributed by atoms with E-state index in [0.29, 0.717) is 5.56 Å². The van der Waals surface area contributed by atoms with Crippen LogP contribution >= 0.6 is 0 Å². The summed E-state index contributed by atoms with van der Waals surface area (Å²) in [5, 5.41) is 93.3. The van der Waals surface area contributed by atoms with E-state index in [1.165, 1.54) is 37.4 Å². The lowest BCUT2D eigenvalue weighted by Crippen LogP contribution is -2.61. The van der Waals surface area contributed by atoms with Crippen LogP contribution in [0.4, 0.5) is 0 Å². The summed E-state index contributed by atoms with van der Waals surface area (Å²) in [5.74, 6) is -1.43. The number of hydrogen-bond donors (Lipinski definition) is 9. The van der Waals surface area contributed by atoms with E-state index in [4.69, 9.17) is 18.6 Å². The fraction of sp³-hybridized carbons (Fsp3) is 0.483. The lowest BCUT2D eigenvalue weighted by molar-refractivity contribution is -0.274. The Morgan fingerprint density at radius 1 is 0.884 bits per heavy atom. The van der Waals surface area contributed by atoms with Crippen LogP contribution < -0.4 is 10.2 Å². The Kier molecular flexibility index (Phi) is 8.94. The normalized spacial score (nSPS) is 33.0. The molecule has 14 nitrogen and oxygen atoms in total. The van der Waals surface area contributed by atoms with Crippen LogP contribution in [0, 0.1) is 5.92 Å². The van der Waals surface area contributed by atoms with Gasteiger partial charge in [0.15, 0.2) is 5.43 Å². The van der Waals surface area contributed by atoms with Crippen molar-refractivity contribution in [2.24, 2.45) is 5.92 Å². The number of aromatic hydroxyl groups is 2. The molecule has 0 bridgehead atoms. The second kappa shape index (κ2) is 12.4. The Morgan fingerprint density at radius 2 is 1.58 bits per heavy atom. The molecule has 9 N–H and O–H groups in total. The first-order valence-electron chi connectivity index (χ1n) is 13.6. The van der Waals surface area contributed by atoms with Gasteiger partial charge in [-0.05, 0) is 30.7 Å². The van der Waals surface area contributed by atoms with Crippen LogP contribution in [-0.2, 0) is 9.47 Å². The van der Waals surface area contributed by atoms with Gasteiger partial charge >= 0.3 is 0 Å². The first kappa shape index (κ1) is 31.1. The SMILES string of the molecule is COc1cc2oc(-c3ccc(O)cc3)cc(=O)c2c(O)c1[C@H]1O[C@H](CO)[C@H](O[C@H]2C[C@H](CO)[C@@H](O)[C@H](O)[C@H]2O)[C@@H](O)[C@H]1O. The molecule has 5 rings (SSSR count). The number of rotatable bonds is 7. The molecule has 234 valence electrons. The van der Waals surface area contributed by atoms with Gasteiger partial charge in [-0.15, -0.1) is 0 Å². The highest BCUT2D eigenvalue weighted by Crippen LogP contribution is 2.46. The van der Waals surface area contributed by atoms with Crippen molar-refractivity contribution in [2.45, 2.75) is 61.4 Å². The molecular formula is C29H34O14. The number of fused-ring (bicyclic) bond motifs is 1. The number of ether oxygens (including phenoxy) is 3. The van der Waals surface area contributed by atoms with Crippen molar-refractivity contribution < 1.29 is 64.6 Å². The van der Waals surface area contributed by atoms with Gasteiger partial charge in [0, 0.05) is 30.2 Å². The van der Waals surface area contributed by atoms with E-state index in [1.54, 1.807) is 0 Å². The molecule has 0 spiro atoms. The molecular weight excluding hydrogens is 572 g/mol. The summed E-state index contributed by atoms with van der Waals surface area (Å²) in [7, 11) is 1.26. The molecule has 1 aliphatic heterocycles. The highest BCUT2D eigenvalue weighted by molar-refractivity contribution is 5.88. The average molecular weight is 607 g/mol. The van der Waals surface area contributed by atoms with Crippen molar-refractivity contribution in [2.75, 3.05) is 20.3 Å². The number of aliphatic hydroxyl groups is 7. The van der Waals surface area contributed by atoms with E-state index in [1.807, 2.05) is 0 Å². The number of aliphatic hydroxyl groups excluding tert-OH is 7. The maximum absolute atomic E-state index is 13.2. The van der Waals surface area contributed by atoms with E-state index in [2.05, 4.69) is 0 Å². The summed E-state index contributed by atoms with van der Waals surface area (Å²) in [4.78, 5) is 13.2. The summed E-state index contributed by atoms with van der Waals surface area (Å²) < 4.78 is 23.0. The van der Waals surface area contributed by atoms with E-state index < -0.39 is 85.2 Å². The van der Waals surface area contributed by atoms with E-state index in [0.717, 1.165) is 6.07 Å². The predicted octanol–water partition coefficient (Wildman–Crippen LogP) is -1.12. The summed E-state index contributed by atoms with van der Waals surface area (Å²) in [6.07, 6.45) is -14.0. The molecule has 3 aromatic rings. The molecule has 0 amide bonds. The average Bonchev–Trinajstić information content (AvgIpc) is 2.99. The Hall–Kier alpha value is -3.31. The highest BCUT2D eigenvalue weighted by Gasteiger charge is 2.51. The first-order chi connectivity index (χ1) is 20.5. The van der Waals surface area contributed by atoms with Gasteiger partial charge in [0.1, 0.15) is 76.7 Å². The maximum Gasteiger partial charge on any atom is 0.197 e. The van der Waals surface area contributed by atoms with Crippen molar-refractivity contribution >= 4 is 11.0 Å². The molecule has 2 fully saturated rings. The van der Waals surface area contributed by atoms with Crippen LogP contribution in [0.25, 0.3) is 22.3 Å². The predicted molar refractivity (Wildman–Crippen MR) is 146 cm³/mol. The Morgan fingerprint density at radius 3 is 2.21 bits per heavy atom. The van der Waals surface area contributed by atoms with Crippen LogP contribution in [0.5, 0.6) is 17.2 Å². The number of methoxy groups -OCH3 is 1. The van der Waals surface area contributed by atoms with Gasteiger partial charge < -0.3 is 64.6 Å². The van der Waals surface area contributed by atoms with Gasteiger partial charge in [0.05, 0.1) is 31.5 Å². The molecule has 43 heavy (non-hydrogen) atoms. The Bertz CT molecular complexity index is 1490. The lowest BCUT2D eigenvalue weighted by Gasteiger charge is -2.46. The highest BCUT2D eigenvalue weighted by atomic mass is 16.6. The summed E-state index contributed by atoms with van der Waals surface area (Å²) in [6.45, 7) is -1.27. The minimum Gasteiger partial charge on any atom is -0.508 e. The molecule has 14 heteroatoms. The molecule has 0 unspecified atom stereocenters. The Balaban J connectivity index is 1.49. The van der Waals surface area contributed by atoms with Crippen molar-refractivity contribution in [3.05, 3.63) is 52.2 Å². The van der Waals surface area contributed by atoms with Crippen molar-refractivity contribution in [1.82, 2.24) is 0 Å². The van der Waals surface area contributed by atoms with Crippen molar-refractivity contribution in [3.63, 3.8) is 0 Å². The minimum absolute atomic E-state index is 0.0126. The van der Waals surface area contributed by atoms with Gasteiger partial charge in [-0.25, -0.2) is 0 Å². The molecule has 2 heterocycles. The zero-order chi connectivity index (χ0) is 31.2. The quantitative estimate of drug-likeness (QED) is 0.155. The molecule has 1 saturated carbocycles. The lowest BCUT2D eigenvalue weighted by atomic mass is 9.80. The van der Waals surface area contributed by atoms with Gasteiger partial charge in [-0.2, -0.15) is 0 Å². The fourth-order valence-electron chi connectivity index (χ4n) is 5.80. The number of benzene rings is 2. The smallest absolute Gasteiger partial charge is 0.197 e. The van der Waals surface area contributed by atoms with E-state index in [9.17, 15) is 50.8 Å².